The van der Waals surface area contributed by atoms with Gasteiger partial charge in [0.15, 0.2) is 0 Å². The lowest BCUT2D eigenvalue weighted by atomic mass is 10.0. The van der Waals surface area contributed by atoms with E-state index >= 15 is 0 Å². The number of hydrogen-bond donors (Lipinski definition) is 0. The molecule has 0 saturated carbocycles. The SMILES string of the molecule is CCCCCc1c(C)n(C)c2ccccc12. The number of unbranched alkanes of at least 4 members (excludes halogenated alkanes) is 2. The number of rotatable bonds is 4. The number of nitrogens with zero attached hydrogens (tertiary/aromatic N) is 1. The lowest BCUT2D eigenvalue weighted by Crippen LogP contribution is -1.92. The second-order valence-corrected chi connectivity index (χ2v) is 4.60. The van der Waals surface area contributed by atoms with Gasteiger partial charge in [0.25, 0.3) is 0 Å². The summed E-state index contributed by atoms with van der Waals surface area (Å²) in [5.41, 5.74) is 4.34. The van der Waals surface area contributed by atoms with Gasteiger partial charge in [-0.05, 0) is 31.4 Å². The Morgan fingerprint density at radius 2 is 1.88 bits per heavy atom. The summed E-state index contributed by atoms with van der Waals surface area (Å²) in [6.07, 6.45) is 5.17. The monoisotopic (exact) mass is 215 g/mol. The predicted molar refractivity (Wildman–Crippen MR) is 70.9 cm³/mol. The molecule has 0 amide bonds. The fourth-order valence-corrected chi connectivity index (χ4v) is 2.47. The first-order valence-corrected chi connectivity index (χ1v) is 6.28. The zero-order valence-electron chi connectivity index (χ0n) is 10.6. The topological polar surface area (TPSA) is 4.93 Å². The fourth-order valence-electron chi connectivity index (χ4n) is 2.47. The zero-order chi connectivity index (χ0) is 11.5. The summed E-state index contributed by atoms with van der Waals surface area (Å²) < 4.78 is 2.32. The van der Waals surface area contributed by atoms with E-state index in [1.54, 1.807) is 5.56 Å². The first kappa shape index (κ1) is 11.3. The second-order valence-electron chi connectivity index (χ2n) is 4.60. The highest BCUT2D eigenvalue weighted by Gasteiger charge is 2.10. The quantitative estimate of drug-likeness (QED) is 0.673. The maximum atomic E-state index is 2.32. The molecule has 0 aliphatic rings. The minimum atomic E-state index is 1.22. The number of aromatic nitrogens is 1. The molecule has 0 radical (unpaired) electrons. The summed E-state index contributed by atoms with van der Waals surface area (Å²) in [5, 5.41) is 1.44. The smallest absolute Gasteiger partial charge is 0.0482 e. The average molecular weight is 215 g/mol. The van der Waals surface area contributed by atoms with Crippen LogP contribution in [0.1, 0.15) is 37.4 Å². The normalized spacial score (nSPS) is 11.2. The van der Waals surface area contributed by atoms with Crippen LogP contribution in [0.25, 0.3) is 10.9 Å². The first-order chi connectivity index (χ1) is 7.75. The Balaban J connectivity index is 2.39. The van der Waals surface area contributed by atoms with Gasteiger partial charge in [-0.1, -0.05) is 38.0 Å². The lowest BCUT2D eigenvalue weighted by Gasteiger charge is -2.01. The van der Waals surface area contributed by atoms with Crippen LogP contribution >= 0.6 is 0 Å². The van der Waals surface area contributed by atoms with E-state index in [0.29, 0.717) is 0 Å². The Bertz CT molecular complexity index is 479. The fraction of sp³-hybridized carbons (Fsp3) is 0.467. The van der Waals surface area contributed by atoms with Gasteiger partial charge in [0.05, 0.1) is 0 Å². The van der Waals surface area contributed by atoms with Crippen molar-refractivity contribution in [3.8, 4) is 0 Å². The minimum Gasteiger partial charge on any atom is -0.348 e. The van der Waals surface area contributed by atoms with E-state index < -0.39 is 0 Å². The molecule has 86 valence electrons. The molecule has 0 atom stereocenters. The molecule has 1 aromatic heterocycles. The predicted octanol–water partition coefficient (Wildman–Crippen LogP) is 4.22. The molecule has 0 bridgehead atoms. The Morgan fingerprint density at radius 1 is 1.12 bits per heavy atom. The number of benzene rings is 1. The van der Waals surface area contributed by atoms with Gasteiger partial charge in [-0.2, -0.15) is 0 Å². The molecule has 1 aromatic carbocycles. The Labute approximate surface area is 98.1 Å². The molecule has 0 saturated heterocycles. The molecule has 0 fully saturated rings. The van der Waals surface area contributed by atoms with E-state index in [4.69, 9.17) is 0 Å². The number of fused-ring (bicyclic) bond motifs is 1. The van der Waals surface area contributed by atoms with Crippen LogP contribution in [0.3, 0.4) is 0 Å². The molecule has 1 nitrogen and oxygen atoms in total. The van der Waals surface area contributed by atoms with Gasteiger partial charge >= 0.3 is 0 Å². The van der Waals surface area contributed by atoms with Crippen molar-refractivity contribution in [1.82, 2.24) is 4.57 Å². The van der Waals surface area contributed by atoms with Crippen molar-refractivity contribution in [1.29, 1.82) is 0 Å². The third-order valence-electron chi connectivity index (χ3n) is 3.56. The molecule has 2 rings (SSSR count). The number of aryl methyl sites for hydroxylation is 2. The van der Waals surface area contributed by atoms with Crippen LogP contribution in [0.15, 0.2) is 24.3 Å². The molecular weight excluding hydrogens is 194 g/mol. The summed E-state index contributed by atoms with van der Waals surface area (Å²) in [6, 6.07) is 8.73. The van der Waals surface area contributed by atoms with Crippen molar-refractivity contribution in [3.05, 3.63) is 35.5 Å². The molecule has 1 heterocycles. The first-order valence-electron chi connectivity index (χ1n) is 6.28. The van der Waals surface area contributed by atoms with Crippen LogP contribution in [0.2, 0.25) is 0 Å². The highest BCUT2D eigenvalue weighted by atomic mass is 14.9. The van der Waals surface area contributed by atoms with Crippen LogP contribution in [-0.2, 0) is 13.5 Å². The summed E-state index contributed by atoms with van der Waals surface area (Å²) in [6.45, 7) is 4.50. The van der Waals surface area contributed by atoms with Crippen LogP contribution in [-0.4, -0.2) is 4.57 Å². The van der Waals surface area contributed by atoms with Crippen molar-refractivity contribution < 1.29 is 0 Å². The van der Waals surface area contributed by atoms with Crippen molar-refractivity contribution in [3.63, 3.8) is 0 Å². The van der Waals surface area contributed by atoms with Crippen LogP contribution in [0, 0.1) is 6.92 Å². The van der Waals surface area contributed by atoms with Crippen molar-refractivity contribution in [2.24, 2.45) is 7.05 Å². The van der Waals surface area contributed by atoms with Gasteiger partial charge in [0.1, 0.15) is 0 Å². The van der Waals surface area contributed by atoms with E-state index in [-0.39, 0.29) is 0 Å². The Hall–Kier alpha value is -1.24. The largest absolute Gasteiger partial charge is 0.348 e. The third-order valence-corrected chi connectivity index (χ3v) is 3.56. The molecule has 0 aliphatic heterocycles. The summed E-state index contributed by atoms with van der Waals surface area (Å²) >= 11 is 0. The standard InChI is InChI=1S/C15H21N/c1-4-5-6-9-13-12(2)16(3)15-11-8-7-10-14(13)15/h7-8,10-11H,4-6,9H2,1-3H3. The minimum absolute atomic E-state index is 1.22. The molecule has 0 spiro atoms. The van der Waals surface area contributed by atoms with Gasteiger partial charge < -0.3 is 4.57 Å². The highest BCUT2D eigenvalue weighted by molar-refractivity contribution is 5.85. The maximum absolute atomic E-state index is 2.32. The van der Waals surface area contributed by atoms with Crippen LogP contribution in [0.5, 0.6) is 0 Å². The molecule has 0 aliphatic carbocycles. The zero-order valence-corrected chi connectivity index (χ0v) is 10.6. The Kier molecular flexibility index (Phi) is 3.33. The average Bonchev–Trinajstić information content (AvgIpc) is 2.55. The maximum Gasteiger partial charge on any atom is 0.0482 e. The molecule has 1 heteroatoms. The number of hydrogen-bond acceptors (Lipinski definition) is 0. The van der Waals surface area contributed by atoms with Gasteiger partial charge in [0.2, 0.25) is 0 Å². The van der Waals surface area contributed by atoms with E-state index in [1.807, 2.05) is 0 Å². The Morgan fingerprint density at radius 3 is 2.62 bits per heavy atom. The molecule has 0 N–H and O–H groups in total. The van der Waals surface area contributed by atoms with Crippen LogP contribution in [0.4, 0.5) is 0 Å². The summed E-state index contributed by atoms with van der Waals surface area (Å²) in [5.74, 6) is 0. The van der Waals surface area contributed by atoms with Crippen molar-refractivity contribution in [2.75, 3.05) is 0 Å². The van der Waals surface area contributed by atoms with Gasteiger partial charge in [0, 0.05) is 23.6 Å². The molecule has 0 unspecified atom stereocenters. The van der Waals surface area contributed by atoms with Gasteiger partial charge in [-0.3, -0.25) is 0 Å². The highest BCUT2D eigenvalue weighted by Crippen LogP contribution is 2.26. The molecule has 16 heavy (non-hydrogen) atoms. The second kappa shape index (κ2) is 4.73. The summed E-state index contributed by atoms with van der Waals surface area (Å²) in [7, 11) is 2.17. The van der Waals surface area contributed by atoms with Gasteiger partial charge in [-0.15, -0.1) is 0 Å². The van der Waals surface area contributed by atoms with E-state index in [9.17, 15) is 0 Å². The number of para-hydroxylation sites is 1. The van der Waals surface area contributed by atoms with E-state index in [1.165, 1.54) is 42.3 Å². The van der Waals surface area contributed by atoms with Gasteiger partial charge in [-0.25, -0.2) is 0 Å². The van der Waals surface area contributed by atoms with Crippen LogP contribution < -0.4 is 0 Å². The van der Waals surface area contributed by atoms with Crippen molar-refractivity contribution in [2.45, 2.75) is 39.5 Å². The summed E-state index contributed by atoms with van der Waals surface area (Å²) in [4.78, 5) is 0. The lowest BCUT2D eigenvalue weighted by molar-refractivity contribution is 0.714. The van der Waals surface area contributed by atoms with E-state index in [0.717, 1.165) is 0 Å². The van der Waals surface area contributed by atoms with E-state index in [2.05, 4.69) is 49.7 Å². The molecule has 2 aromatic rings. The molecular formula is C15H21N. The van der Waals surface area contributed by atoms with Crippen molar-refractivity contribution >= 4 is 10.9 Å². The third kappa shape index (κ3) is 1.87.